The van der Waals surface area contributed by atoms with E-state index in [2.05, 4.69) is 0 Å². The summed E-state index contributed by atoms with van der Waals surface area (Å²) in [6.07, 6.45) is 1.17. The molecule has 2 N–H and O–H groups in total. The number of hydrogen-bond donors (Lipinski definition) is 2. The molecule has 106 valence electrons. The van der Waals surface area contributed by atoms with Crippen LogP contribution in [0.3, 0.4) is 0 Å². The number of nitrogens with zero attached hydrogens (tertiary/aromatic N) is 2. The number of aliphatic hydroxyl groups is 1. The summed E-state index contributed by atoms with van der Waals surface area (Å²) in [5.74, 6) is 0.107. The SMILES string of the molecule is O=S1(=O)N(CCCO)CCCN1c1ccc(O)cc1. The topological polar surface area (TPSA) is 81.1 Å². The summed E-state index contributed by atoms with van der Waals surface area (Å²) in [6, 6.07) is 6.11. The maximum Gasteiger partial charge on any atom is 0.304 e. The van der Waals surface area contributed by atoms with Crippen LogP contribution in [0, 0.1) is 0 Å². The van der Waals surface area contributed by atoms with E-state index in [0.29, 0.717) is 31.7 Å². The summed E-state index contributed by atoms with van der Waals surface area (Å²) in [5.41, 5.74) is 0.548. The van der Waals surface area contributed by atoms with Gasteiger partial charge < -0.3 is 10.2 Å². The Bertz CT molecular complexity index is 515. The average molecular weight is 286 g/mol. The van der Waals surface area contributed by atoms with Gasteiger partial charge in [-0.3, -0.25) is 4.31 Å². The number of phenolic OH excluding ortho intramolecular Hbond substituents is 1. The third kappa shape index (κ3) is 2.99. The van der Waals surface area contributed by atoms with E-state index in [9.17, 15) is 13.5 Å². The zero-order valence-corrected chi connectivity index (χ0v) is 11.4. The van der Waals surface area contributed by atoms with Gasteiger partial charge >= 0.3 is 10.2 Å². The van der Waals surface area contributed by atoms with Crippen LogP contribution in [0.5, 0.6) is 5.75 Å². The number of phenols is 1. The highest BCUT2D eigenvalue weighted by molar-refractivity contribution is 7.90. The molecule has 0 bridgehead atoms. The van der Waals surface area contributed by atoms with Crippen molar-refractivity contribution in [2.24, 2.45) is 0 Å². The van der Waals surface area contributed by atoms with Crippen LogP contribution in [0.15, 0.2) is 24.3 Å². The third-order valence-corrected chi connectivity index (χ3v) is 5.04. The van der Waals surface area contributed by atoms with E-state index < -0.39 is 10.2 Å². The largest absolute Gasteiger partial charge is 0.508 e. The molecule has 1 heterocycles. The number of rotatable bonds is 4. The van der Waals surface area contributed by atoms with Crippen LogP contribution < -0.4 is 4.31 Å². The van der Waals surface area contributed by atoms with Gasteiger partial charge in [0.15, 0.2) is 0 Å². The van der Waals surface area contributed by atoms with E-state index in [-0.39, 0.29) is 12.4 Å². The summed E-state index contributed by atoms with van der Waals surface area (Å²) < 4.78 is 27.6. The molecule has 7 heteroatoms. The van der Waals surface area contributed by atoms with Gasteiger partial charge in [0.2, 0.25) is 0 Å². The number of anilines is 1. The zero-order chi connectivity index (χ0) is 13.9. The fourth-order valence-electron chi connectivity index (χ4n) is 2.12. The van der Waals surface area contributed by atoms with Gasteiger partial charge in [-0.15, -0.1) is 0 Å². The van der Waals surface area contributed by atoms with Crippen molar-refractivity contribution in [1.29, 1.82) is 0 Å². The molecule has 0 saturated carbocycles. The van der Waals surface area contributed by atoms with E-state index >= 15 is 0 Å². The Morgan fingerprint density at radius 3 is 2.47 bits per heavy atom. The van der Waals surface area contributed by atoms with Crippen molar-refractivity contribution in [2.75, 3.05) is 30.5 Å². The zero-order valence-electron chi connectivity index (χ0n) is 10.6. The molecule has 2 rings (SSSR count). The maximum absolute atomic E-state index is 12.4. The molecule has 0 radical (unpaired) electrons. The molecule has 6 nitrogen and oxygen atoms in total. The lowest BCUT2D eigenvalue weighted by Gasteiger charge is -2.35. The van der Waals surface area contributed by atoms with Crippen molar-refractivity contribution in [3.05, 3.63) is 24.3 Å². The van der Waals surface area contributed by atoms with Crippen LogP contribution in [-0.4, -0.2) is 49.2 Å². The molecule has 1 aliphatic rings. The van der Waals surface area contributed by atoms with Crippen molar-refractivity contribution < 1.29 is 18.6 Å². The van der Waals surface area contributed by atoms with Crippen LogP contribution in [0.25, 0.3) is 0 Å². The molecular formula is C12H18N2O4S. The quantitative estimate of drug-likeness (QED) is 0.846. The van der Waals surface area contributed by atoms with E-state index in [0.717, 1.165) is 6.42 Å². The minimum Gasteiger partial charge on any atom is -0.508 e. The molecule has 0 aromatic heterocycles. The minimum absolute atomic E-state index is 0.0226. The van der Waals surface area contributed by atoms with Gasteiger partial charge in [0.1, 0.15) is 5.75 Å². The lowest BCUT2D eigenvalue weighted by atomic mass is 10.3. The standard InChI is InChI=1S/C12H18N2O4S/c15-10-2-8-13-7-1-9-14(19(13,17)18)11-3-5-12(16)6-4-11/h3-6,15-16H,1-2,7-10H2. The van der Waals surface area contributed by atoms with Crippen molar-refractivity contribution in [2.45, 2.75) is 12.8 Å². The van der Waals surface area contributed by atoms with Crippen LogP contribution in [0.4, 0.5) is 5.69 Å². The molecule has 0 aliphatic carbocycles. The van der Waals surface area contributed by atoms with Crippen molar-refractivity contribution in [3.8, 4) is 5.75 Å². The lowest BCUT2D eigenvalue weighted by Crippen LogP contribution is -2.50. The Labute approximate surface area is 113 Å². The van der Waals surface area contributed by atoms with Gasteiger partial charge in [-0.05, 0) is 37.1 Å². The Hall–Kier alpha value is -1.31. The highest BCUT2D eigenvalue weighted by Gasteiger charge is 2.33. The molecule has 1 fully saturated rings. The normalized spacial score (nSPS) is 19.5. The second-order valence-corrected chi connectivity index (χ2v) is 6.28. The average Bonchev–Trinajstić information content (AvgIpc) is 2.38. The van der Waals surface area contributed by atoms with Crippen LogP contribution >= 0.6 is 0 Å². The summed E-state index contributed by atoms with van der Waals surface area (Å²) in [7, 11) is -3.53. The number of aromatic hydroxyl groups is 1. The Morgan fingerprint density at radius 2 is 1.84 bits per heavy atom. The fraction of sp³-hybridized carbons (Fsp3) is 0.500. The molecule has 1 aromatic carbocycles. The molecular weight excluding hydrogens is 268 g/mol. The molecule has 1 aromatic rings. The summed E-state index contributed by atoms with van der Waals surface area (Å²) in [4.78, 5) is 0. The van der Waals surface area contributed by atoms with Gasteiger partial charge in [0.25, 0.3) is 0 Å². The molecule has 0 atom stereocenters. The van der Waals surface area contributed by atoms with Crippen molar-refractivity contribution in [3.63, 3.8) is 0 Å². The Morgan fingerprint density at radius 1 is 1.16 bits per heavy atom. The third-order valence-electron chi connectivity index (χ3n) is 3.08. The number of aliphatic hydroxyl groups excluding tert-OH is 1. The van der Waals surface area contributed by atoms with E-state index in [1.54, 1.807) is 12.1 Å². The van der Waals surface area contributed by atoms with Gasteiger partial charge in [0.05, 0.1) is 5.69 Å². The predicted octanol–water partition coefficient (Wildman–Crippen LogP) is 0.532. The second kappa shape index (κ2) is 5.77. The lowest BCUT2D eigenvalue weighted by molar-refractivity contribution is 0.266. The van der Waals surface area contributed by atoms with Gasteiger partial charge in [0, 0.05) is 26.2 Å². The van der Waals surface area contributed by atoms with Crippen molar-refractivity contribution >= 4 is 15.9 Å². The summed E-state index contributed by atoms with van der Waals surface area (Å²) >= 11 is 0. The van der Waals surface area contributed by atoms with E-state index in [4.69, 9.17) is 5.11 Å². The molecule has 0 unspecified atom stereocenters. The highest BCUT2D eigenvalue weighted by Crippen LogP contribution is 2.26. The molecule has 1 aliphatic heterocycles. The first kappa shape index (κ1) is 14.1. The first-order valence-corrected chi connectivity index (χ1v) is 7.63. The van der Waals surface area contributed by atoms with Gasteiger partial charge in [-0.2, -0.15) is 12.7 Å². The van der Waals surface area contributed by atoms with Crippen molar-refractivity contribution in [1.82, 2.24) is 4.31 Å². The summed E-state index contributed by atoms with van der Waals surface area (Å²) in [5, 5.41) is 18.1. The Balaban J connectivity index is 2.23. The molecule has 19 heavy (non-hydrogen) atoms. The fourth-order valence-corrected chi connectivity index (χ4v) is 3.86. The monoisotopic (exact) mass is 286 g/mol. The van der Waals surface area contributed by atoms with Gasteiger partial charge in [-0.1, -0.05) is 0 Å². The Kier molecular flexibility index (Phi) is 4.28. The number of benzene rings is 1. The highest BCUT2D eigenvalue weighted by atomic mass is 32.2. The van der Waals surface area contributed by atoms with Crippen LogP contribution in [0.1, 0.15) is 12.8 Å². The number of hydrogen-bond acceptors (Lipinski definition) is 4. The first-order chi connectivity index (χ1) is 9.05. The van der Waals surface area contributed by atoms with E-state index in [1.807, 2.05) is 0 Å². The predicted molar refractivity (Wildman–Crippen MR) is 72.3 cm³/mol. The molecule has 1 saturated heterocycles. The summed E-state index contributed by atoms with van der Waals surface area (Å²) in [6.45, 7) is 1.22. The van der Waals surface area contributed by atoms with E-state index in [1.165, 1.54) is 20.7 Å². The maximum atomic E-state index is 12.4. The second-order valence-electron chi connectivity index (χ2n) is 4.43. The minimum atomic E-state index is -3.53. The van der Waals surface area contributed by atoms with Gasteiger partial charge in [-0.25, -0.2) is 0 Å². The smallest absolute Gasteiger partial charge is 0.304 e. The van der Waals surface area contributed by atoms with Crippen LogP contribution in [-0.2, 0) is 10.2 Å². The molecule has 0 spiro atoms. The molecule has 0 amide bonds. The van der Waals surface area contributed by atoms with Crippen LogP contribution in [0.2, 0.25) is 0 Å². The first-order valence-electron chi connectivity index (χ1n) is 6.23.